The van der Waals surface area contributed by atoms with Crippen LogP contribution in [-0.4, -0.2) is 5.91 Å². The first kappa shape index (κ1) is 13.4. The number of aryl methyl sites for hydroxylation is 1. The number of benzene rings is 2. The SMILES string of the molecule is Cc1ccccc1CNC(=O)c1c(N)cccc1Cl. The van der Waals surface area contributed by atoms with Gasteiger partial charge in [0, 0.05) is 12.2 Å². The highest BCUT2D eigenvalue weighted by Crippen LogP contribution is 2.21. The standard InChI is InChI=1S/C15H15ClN2O/c1-10-5-2-3-6-11(10)9-18-15(19)14-12(16)7-4-8-13(14)17/h2-8H,9,17H2,1H3,(H,18,19). The summed E-state index contributed by atoms with van der Waals surface area (Å²) in [4.78, 5) is 12.1. The van der Waals surface area contributed by atoms with Crippen LogP contribution in [0, 0.1) is 6.92 Å². The fourth-order valence-corrected chi connectivity index (χ4v) is 2.12. The molecule has 0 saturated heterocycles. The number of amides is 1. The summed E-state index contributed by atoms with van der Waals surface area (Å²) in [5, 5.41) is 3.20. The second-order valence-corrected chi connectivity index (χ2v) is 4.72. The van der Waals surface area contributed by atoms with E-state index in [1.807, 2.05) is 31.2 Å². The van der Waals surface area contributed by atoms with Crippen LogP contribution in [0.25, 0.3) is 0 Å². The molecule has 2 rings (SSSR count). The zero-order valence-electron chi connectivity index (χ0n) is 10.6. The summed E-state index contributed by atoms with van der Waals surface area (Å²) in [5.74, 6) is -0.258. The van der Waals surface area contributed by atoms with E-state index in [4.69, 9.17) is 17.3 Å². The maximum atomic E-state index is 12.1. The quantitative estimate of drug-likeness (QED) is 0.845. The van der Waals surface area contributed by atoms with Gasteiger partial charge < -0.3 is 11.1 Å². The van der Waals surface area contributed by atoms with Crippen molar-refractivity contribution in [2.45, 2.75) is 13.5 Å². The van der Waals surface area contributed by atoms with E-state index in [2.05, 4.69) is 5.32 Å². The molecule has 0 fully saturated rings. The zero-order valence-corrected chi connectivity index (χ0v) is 11.4. The van der Waals surface area contributed by atoms with Gasteiger partial charge in [-0.05, 0) is 30.2 Å². The van der Waals surface area contributed by atoms with Gasteiger partial charge in [-0.25, -0.2) is 0 Å². The molecule has 0 aliphatic rings. The largest absolute Gasteiger partial charge is 0.398 e. The normalized spacial score (nSPS) is 10.2. The van der Waals surface area contributed by atoms with Crippen LogP contribution in [0.5, 0.6) is 0 Å². The molecule has 3 N–H and O–H groups in total. The Morgan fingerprint density at radius 1 is 1.21 bits per heavy atom. The molecule has 19 heavy (non-hydrogen) atoms. The molecule has 0 aromatic heterocycles. The van der Waals surface area contributed by atoms with Crippen LogP contribution >= 0.6 is 11.6 Å². The Labute approximate surface area is 117 Å². The number of nitrogens with two attached hydrogens (primary N) is 1. The summed E-state index contributed by atoms with van der Waals surface area (Å²) >= 11 is 6.00. The maximum Gasteiger partial charge on any atom is 0.255 e. The first-order valence-corrected chi connectivity index (χ1v) is 6.34. The number of nitrogen functional groups attached to an aromatic ring is 1. The fraction of sp³-hybridized carbons (Fsp3) is 0.133. The summed E-state index contributed by atoms with van der Waals surface area (Å²) in [6.45, 7) is 2.46. The molecule has 0 bridgehead atoms. The van der Waals surface area contributed by atoms with Gasteiger partial charge in [-0.1, -0.05) is 41.9 Å². The molecule has 1 amide bonds. The third kappa shape index (κ3) is 3.06. The Balaban J connectivity index is 2.13. The van der Waals surface area contributed by atoms with Gasteiger partial charge in [0.15, 0.2) is 0 Å². The Bertz CT molecular complexity index is 591. The fourth-order valence-electron chi connectivity index (χ4n) is 1.85. The summed E-state index contributed by atoms with van der Waals surface area (Å²) in [5.41, 5.74) is 8.70. The summed E-state index contributed by atoms with van der Waals surface area (Å²) in [7, 11) is 0. The smallest absolute Gasteiger partial charge is 0.255 e. The lowest BCUT2D eigenvalue weighted by Crippen LogP contribution is -2.24. The molecule has 4 heteroatoms. The van der Waals surface area contributed by atoms with Gasteiger partial charge in [-0.2, -0.15) is 0 Å². The number of hydrogen-bond acceptors (Lipinski definition) is 2. The molecule has 2 aromatic carbocycles. The van der Waals surface area contributed by atoms with Gasteiger partial charge in [0.05, 0.1) is 10.6 Å². The summed E-state index contributed by atoms with van der Waals surface area (Å²) in [6.07, 6.45) is 0. The highest BCUT2D eigenvalue weighted by Gasteiger charge is 2.13. The van der Waals surface area contributed by atoms with Crippen molar-refractivity contribution in [3.8, 4) is 0 Å². The Hall–Kier alpha value is -2.00. The molecule has 0 unspecified atom stereocenters. The van der Waals surface area contributed by atoms with E-state index < -0.39 is 0 Å². The topological polar surface area (TPSA) is 55.1 Å². The number of carbonyl (C=O) groups is 1. The van der Waals surface area contributed by atoms with E-state index in [-0.39, 0.29) is 5.91 Å². The Morgan fingerprint density at radius 2 is 1.95 bits per heavy atom. The number of anilines is 1. The van der Waals surface area contributed by atoms with E-state index in [9.17, 15) is 4.79 Å². The van der Waals surface area contributed by atoms with Crippen LogP contribution in [0.4, 0.5) is 5.69 Å². The average Bonchev–Trinajstić information content (AvgIpc) is 2.37. The number of halogens is 1. The number of hydrogen-bond donors (Lipinski definition) is 2. The highest BCUT2D eigenvalue weighted by molar-refractivity contribution is 6.34. The van der Waals surface area contributed by atoms with Crippen LogP contribution in [0.3, 0.4) is 0 Å². The lowest BCUT2D eigenvalue weighted by atomic mass is 10.1. The van der Waals surface area contributed by atoms with Gasteiger partial charge in [0.1, 0.15) is 0 Å². The van der Waals surface area contributed by atoms with Crippen molar-refractivity contribution in [3.63, 3.8) is 0 Å². The number of carbonyl (C=O) groups excluding carboxylic acids is 1. The third-order valence-corrected chi connectivity index (χ3v) is 3.29. The molecule has 0 aliphatic heterocycles. The minimum Gasteiger partial charge on any atom is -0.398 e. The molecular weight excluding hydrogens is 260 g/mol. The van der Waals surface area contributed by atoms with Gasteiger partial charge in [-0.15, -0.1) is 0 Å². The predicted molar refractivity (Wildman–Crippen MR) is 78.2 cm³/mol. The third-order valence-electron chi connectivity index (χ3n) is 2.97. The van der Waals surface area contributed by atoms with Crippen molar-refractivity contribution in [1.82, 2.24) is 5.32 Å². The first-order valence-electron chi connectivity index (χ1n) is 5.96. The molecule has 3 nitrogen and oxygen atoms in total. The molecule has 0 aliphatic carbocycles. The monoisotopic (exact) mass is 274 g/mol. The van der Waals surface area contributed by atoms with Gasteiger partial charge in [-0.3, -0.25) is 4.79 Å². The van der Waals surface area contributed by atoms with Crippen LogP contribution in [0.2, 0.25) is 5.02 Å². The van der Waals surface area contributed by atoms with E-state index >= 15 is 0 Å². The zero-order chi connectivity index (χ0) is 13.8. The summed E-state index contributed by atoms with van der Waals surface area (Å²) < 4.78 is 0. The Kier molecular flexibility index (Phi) is 4.07. The summed E-state index contributed by atoms with van der Waals surface area (Å²) in [6, 6.07) is 12.9. The molecule has 0 saturated carbocycles. The minimum absolute atomic E-state index is 0.258. The van der Waals surface area contributed by atoms with Crippen LogP contribution in [0.15, 0.2) is 42.5 Å². The van der Waals surface area contributed by atoms with Crippen LogP contribution < -0.4 is 11.1 Å². The van der Waals surface area contributed by atoms with E-state index in [1.165, 1.54) is 0 Å². The van der Waals surface area contributed by atoms with Crippen molar-refractivity contribution in [3.05, 3.63) is 64.2 Å². The molecule has 2 aromatic rings. The lowest BCUT2D eigenvalue weighted by molar-refractivity contribution is 0.0952. The first-order chi connectivity index (χ1) is 9.09. The molecular formula is C15H15ClN2O. The maximum absolute atomic E-state index is 12.1. The van der Waals surface area contributed by atoms with E-state index in [0.717, 1.165) is 11.1 Å². The van der Waals surface area contributed by atoms with Crippen molar-refractivity contribution >= 4 is 23.2 Å². The van der Waals surface area contributed by atoms with Crippen LogP contribution in [0.1, 0.15) is 21.5 Å². The van der Waals surface area contributed by atoms with Gasteiger partial charge in [0.25, 0.3) is 5.91 Å². The molecule has 0 atom stereocenters. The van der Waals surface area contributed by atoms with Gasteiger partial charge in [0.2, 0.25) is 0 Å². The molecule has 0 heterocycles. The molecule has 0 spiro atoms. The second-order valence-electron chi connectivity index (χ2n) is 4.31. The predicted octanol–water partition coefficient (Wildman–Crippen LogP) is 3.16. The second kappa shape index (κ2) is 5.76. The average molecular weight is 275 g/mol. The van der Waals surface area contributed by atoms with Crippen LogP contribution in [-0.2, 0) is 6.54 Å². The molecule has 98 valence electrons. The van der Waals surface area contributed by atoms with Crippen molar-refractivity contribution in [2.75, 3.05) is 5.73 Å². The van der Waals surface area contributed by atoms with Crippen molar-refractivity contribution in [2.24, 2.45) is 0 Å². The number of rotatable bonds is 3. The molecule has 0 radical (unpaired) electrons. The number of nitrogens with one attached hydrogen (secondary N) is 1. The van der Waals surface area contributed by atoms with E-state index in [1.54, 1.807) is 18.2 Å². The van der Waals surface area contributed by atoms with Crippen molar-refractivity contribution < 1.29 is 4.79 Å². The van der Waals surface area contributed by atoms with Crippen molar-refractivity contribution in [1.29, 1.82) is 0 Å². The Morgan fingerprint density at radius 3 is 2.63 bits per heavy atom. The lowest BCUT2D eigenvalue weighted by Gasteiger charge is -2.10. The van der Waals surface area contributed by atoms with E-state index in [0.29, 0.717) is 22.8 Å². The minimum atomic E-state index is -0.258. The highest BCUT2D eigenvalue weighted by atomic mass is 35.5. The van der Waals surface area contributed by atoms with Gasteiger partial charge >= 0.3 is 0 Å².